The Kier molecular flexibility index (Phi) is 7.14. The molecule has 3 rings (SSSR count). The van der Waals surface area contributed by atoms with Gasteiger partial charge in [0.1, 0.15) is 5.75 Å². The van der Waals surface area contributed by atoms with E-state index in [1.54, 1.807) is 7.11 Å². The molecule has 2 fully saturated rings. The van der Waals surface area contributed by atoms with Gasteiger partial charge in [-0.2, -0.15) is 0 Å². The molecule has 0 bridgehead atoms. The Bertz CT molecular complexity index is 689. The molecule has 0 heterocycles. The van der Waals surface area contributed by atoms with Gasteiger partial charge in [0.2, 0.25) is 0 Å². The van der Waals surface area contributed by atoms with E-state index in [2.05, 4.69) is 37.3 Å². The summed E-state index contributed by atoms with van der Waals surface area (Å²) in [5.41, 5.74) is 5.38. The van der Waals surface area contributed by atoms with Crippen LogP contribution in [0, 0.1) is 5.92 Å². The molecule has 0 saturated heterocycles. The van der Waals surface area contributed by atoms with E-state index < -0.39 is 0 Å². The summed E-state index contributed by atoms with van der Waals surface area (Å²) in [5, 5.41) is 19.2. The first-order chi connectivity index (χ1) is 13.1. The number of aliphatic hydroxyl groups excluding tert-OH is 2. The fourth-order valence-corrected chi connectivity index (χ4v) is 4.75. The normalized spacial score (nSPS) is 29.3. The van der Waals surface area contributed by atoms with Gasteiger partial charge in [-0.1, -0.05) is 42.4 Å². The molecule has 3 nitrogen and oxygen atoms in total. The second kappa shape index (κ2) is 9.57. The second-order valence-corrected chi connectivity index (χ2v) is 8.15. The van der Waals surface area contributed by atoms with Gasteiger partial charge in [0.15, 0.2) is 0 Å². The third-order valence-corrected chi connectivity index (χ3v) is 6.35. The summed E-state index contributed by atoms with van der Waals surface area (Å²) >= 11 is 0. The second-order valence-electron chi connectivity index (χ2n) is 8.15. The first kappa shape index (κ1) is 20.2. The maximum Gasteiger partial charge on any atom is 0.122 e. The summed E-state index contributed by atoms with van der Waals surface area (Å²) < 4.78 is 5.45. The average Bonchev–Trinajstić information content (AvgIpc) is 2.67. The molecule has 3 heteroatoms. The lowest BCUT2D eigenvalue weighted by Crippen LogP contribution is -2.18. The Morgan fingerprint density at radius 3 is 2.70 bits per heavy atom. The molecule has 0 radical (unpaired) electrons. The largest absolute Gasteiger partial charge is 0.496 e. The Morgan fingerprint density at radius 1 is 1.15 bits per heavy atom. The summed E-state index contributed by atoms with van der Waals surface area (Å²) in [5.74, 6) is 1.90. The molecule has 2 aliphatic rings. The zero-order chi connectivity index (χ0) is 19.2. The van der Waals surface area contributed by atoms with Gasteiger partial charge in [0.25, 0.3) is 0 Å². The minimum Gasteiger partial charge on any atom is -0.496 e. The molecule has 1 aromatic carbocycles. The molecule has 2 saturated carbocycles. The smallest absolute Gasteiger partial charge is 0.122 e. The predicted molar refractivity (Wildman–Crippen MR) is 110 cm³/mol. The lowest BCUT2D eigenvalue weighted by atomic mass is 9.73. The molecule has 3 atom stereocenters. The first-order valence-corrected chi connectivity index (χ1v) is 10.5. The molecule has 1 aromatic rings. The topological polar surface area (TPSA) is 49.7 Å². The van der Waals surface area contributed by atoms with Crippen molar-refractivity contribution in [3.63, 3.8) is 0 Å². The van der Waals surface area contributed by atoms with Crippen molar-refractivity contribution in [2.45, 2.75) is 70.3 Å². The van der Waals surface area contributed by atoms with Gasteiger partial charge in [0.05, 0.1) is 13.2 Å². The number of methoxy groups -OCH3 is 1. The Balaban J connectivity index is 1.78. The quantitative estimate of drug-likeness (QED) is 0.773. The molecule has 0 amide bonds. The maximum atomic E-state index is 9.88. The highest BCUT2D eigenvalue weighted by Crippen LogP contribution is 2.42. The van der Waals surface area contributed by atoms with Gasteiger partial charge in [0, 0.05) is 6.61 Å². The molecule has 0 spiro atoms. The summed E-state index contributed by atoms with van der Waals surface area (Å²) in [6, 6.07) is 6.48. The van der Waals surface area contributed by atoms with Crippen LogP contribution in [0.4, 0.5) is 0 Å². The zero-order valence-corrected chi connectivity index (χ0v) is 16.8. The van der Waals surface area contributed by atoms with Crippen LogP contribution >= 0.6 is 0 Å². The number of allylic oxidation sites excluding steroid dienone is 3. The summed E-state index contributed by atoms with van der Waals surface area (Å²) in [7, 11) is 1.69. The summed E-state index contributed by atoms with van der Waals surface area (Å²) in [6.07, 6.45) is 12.7. The Labute approximate surface area is 163 Å². The van der Waals surface area contributed by atoms with Crippen molar-refractivity contribution in [3.8, 4) is 5.75 Å². The highest BCUT2D eigenvalue weighted by atomic mass is 16.5. The van der Waals surface area contributed by atoms with E-state index in [0.717, 1.165) is 37.0 Å². The fourth-order valence-electron chi connectivity index (χ4n) is 4.75. The molecule has 2 unspecified atom stereocenters. The minimum absolute atomic E-state index is 0.143. The van der Waals surface area contributed by atoms with Crippen LogP contribution in [0.1, 0.15) is 68.9 Å². The van der Waals surface area contributed by atoms with E-state index in [4.69, 9.17) is 4.74 Å². The number of aliphatic hydroxyl groups is 2. The van der Waals surface area contributed by atoms with Crippen LogP contribution in [-0.2, 0) is 6.42 Å². The van der Waals surface area contributed by atoms with Crippen molar-refractivity contribution in [2.24, 2.45) is 5.92 Å². The molecular weight excluding hydrogens is 336 g/mol. The third kappa shape index (κ3) is 5.03. The van der Waals surface area contributed by atoms with Gasteiger partial charge >= 0.3 is 0 Å². The molecule has 2 N–H and O–H groups in total. The van der Waals surface area contributed by atoms with Crippen molar-refractivity contribution in [3.05, 3.63) is 52.6 Å². The molecule has 27 heavy (non-hydrogen) atoms. The van der Waals surface area contributed by atoms with E-state index in [1.165, 1.54) is 36.0 Å². The third-order valence-electron chi connectivity index (χ3n) is 6.35. The number of benzene rings is 1. The van der Waals surface area contributed by atoms with Crippen LogP contribution < -0.4 is 4.74 Å². The SMILES string of the molecule is COc1ccc([C@H]2CCC/C(=C\C=C3\CCCC(O)C3)C2C)cc1CCO. The zero-order valence-electron chi connectivity index (χ0n) is 16.8. The van der Waals surface area contributed by atoms with Crippen LogP contribution in [0.15, 0.2) is 41.5 Å². The Hall–Kier alpha value is -1.58. The average molecular weight is 371 g/mol. The van der Waals surface area contributed by atoms with Crippen molar-refractivity contribution < 1.29 is 14.9 Å². The monoisotopic (exact) mass is 370 g/mol. The first-order valence-electron chi connectivity index (χ1n) is 10.5. The molecule has 0 aliphatic heterocycles. The van der Waals surface area contributed by atoms with Crippen LogP contribution in [0.5, 0.6) is 5.75 Å². The van der Waals surface area contributed by atoms with E-state index in [0.29, 0.717) is 18.3 Å². The van der Waals surface area contributed by atoms with Gasteiger partial charge in [-0.3, -0.25) is 0 Å². The van der Waals surface area contributed by atoms with E-state index in [9.17, 15) is 10.2 Å². The van der Waals surface area contributed by atoms with Crippen LogP contribution in [0.2, 0.25) is 0 Å². The fraction of sp³-hybridized carbons (Fsp3) is 0.583. The number of rotatable bonds is 5. The van der Waals surface area contributed by atoms with Crippen molar-refractivity contribution in [1.82, 2.24) is 0 Å². The predicted octanol–water partition coefficient (Wildman–Crippen LogP) is 4.92. The highest BCUT2D eigenvalue weighted by molar-refractivity contribution is 5.40. The standard InChI is InChI=1S/C24H34O3/c1-17-19(10-9-18-5-3-7-22(26)15-18)6-4-8-23(17)20-11-12-24(27-2)21(16-20)13-14-25/h9-12,16-17,22-23,25-26H,3-8,13-15H2,1-2H3/b18-9-,19-10+/t17?,22?,23-/m0/s1. The summed E-state index contributed by atoms with van der Waals surface area (Å²) in [6.45, 7) is 2.49. The molecular formula is C24H34O3. The lowest BCUT2D eigenvalue weighted by Gasteiger charge is -2.32. The van der Waals surface area contributed by atoms with E-state index in [-0.39, 0.29) is 12.7 Å². The number of hydrogen-bond donors (Lipinski definition) is 2. The van der Waals surface area contributed by atoms with Crippen molar-refractivity contribution >= 4 is 0 Å². The lowest BCUT2D eigenvalue weighted by molar-refractivity contribution is 0.149. The Morgan fingerprint density at radius 2 is 1.96 bits per heavy atom. The highest BCUT2D eigenvalue weighted by Gasteiger charge is 2.27. The summed E-state index contributed by atoms with van der Waals surface area (Å²) in [4.78, 5) is 0. The van der Waals surface area contributed by atoms with Gasteiger partial charge in [-0.05, 0) is 80.4 Å². The van der Waals surface area contributed by atoms with Crippen LogP contribution in [0.25, 0.3) is 0 Å². The maximum absolute atomic E-state index is 9.88. The van der Waals surface area contributed by atoms with Gasteiger partial charge in [-0.25, -0.2) is 0 Å². The molecule has 2 aliphatic carbocycles. The van der Waals surface area contributed by atoms with Crippen molar-refractivity contribution in [1.29, 1.82) is 0 Å². The molecule has 148 valence electrons. The van der Waals surface area contributed by atoms with E-state index >= 15 is 0 Å². The number of ether oxygens (including phenoxy) is 1. The minimum atomic E-state index is -0.149. The van der Waals surface area contributed by atoms with Crippen molar-refractivity contribution in [2.75, 3.05) is 13.7 Å². The van der Waals surface area contributed by atoms with Gasteiger partial charge < -0.3 is 14.9 Å². The van der Waals surface area contributed by atoms with Crippen LogP contribution in [0.3, 0.4) is 0 Å². The number of hydrogen-bond acceptors (Lipinski definition) is 3. The van der Waals surface area contributed by atoms with Gasteiger partial charge in [-0.15, -0.1) is 0 Å². The van der Waals surface area contributed by atoms with Crippen LogP contribution in [-0.4, -0.2) is 30.0 Å². The molecule has 0 aromatic heterocycles. The van der Waals surface area contributed by atoms with E-state index in [1.807, 2.05) is 0 Å².